The summed E-state index contributed by atoms with van der Waals surface area (Å²) in [5, 5.41) is 6.01. The van der Waals surface area contributed by atoms with Gasteiger partial charge in [-0.1, -0.05) is 24.3 Å². The molecule has 0 amide bonds. The normalized spacial score (nSPS) is 15.1. The molecule has 1 aliphatic heterocycles. The van der Waals surface area contributed by atoms with Crippen molar-refractivity contribution >= 4 is 22.4 Å². The second-order valence-corrected chi connectivity index (χ2v) is 8.33. The fraction of sp³-hybridized carbons (Fsp3) is 0.200. The number of likely N-dealkylation sites (N-methyl/N-ethyl adjacent to an activating group) is 1. The summed E-state index contributed by atoms with van der Waals surface area (Å²) in [4.78, 5) is 12.8. The van der Waals surface area contributed by atoms with Gasteiger partial charge in [-0.2, -0.15) is 0 Å². The van der Waals surface area contributed by atoms with Gasteiger partial charge in [0, 0.05) is 54.4 Å². The number of anilines is 1. The van der Waals surface area contributed by atoms with Crippen LogP contribution in [0.2, 0.25) is 0 Å². The van der Waals surface area contributed by atoms with Crippen LogP contribution in [0.25, 0.3) is 38.9 Å². The van der Waals surface area contributed by atoms with Crippen LogP contribution in [0.15, 0.2) is 67.0 Å². The summed E-state index contributed by atoms with van der Waals surface area (Å²) in [6.45, 7) is 3.81. The van der Waals surface area contributed by atoms with Crippen molar-refractivity contribution in [1.29, 1.82) is 0 Å². The van der Waals surface area contributed by atoms with E-state index in [1.54, 1.807) is 16.6 Å². The Hall–Kier alpha value is -3.71. The summed E-state index contributed by atoms with van der Waals surface area (Å²) in [6.07, 6.45) is 3.78. The van der Waals surface area contributed by atoms with E-state index in [9.17, 15) is 4.39 Å². The Labute approximate surface area is 184 Å². The third-order valence-electron chi connectivity index (χ3n) is 6.27. The standard InChI is InChI=1S/C25H23FN6/c1-30-11-13-31(14-12-30)24-15-20(17-6-4-8-22-18(17)9-10-27-22)25-28-23(16-32(25)29-24)19-5-2-3-7-21(19)26/h2-10,15-16,27H,11-14H2,1H3. The van der Waals surface area contributed by atoms with Gasteiger partial charge >= 0.3 is 0 Å². The highest BCUT2D eigenvalue weighted by molar-refractivity contribution is 5.99. The minimum atomic E-state index is -0.288. The van der Waals surface area contributed by atoms with Crippen molar-refractivity contribution in [3.05, 3.63) is 72.8 Å². The molecule has 6 rings (SSSR count). The molecule has 160 valence electrons. The van der Waals surface area contributed by atoms with Crippen molar-refractivity contribution in [3.63, 3.8) is 0 Å². The third-order valence-corrected chi connectivity index (χ3v) is 6.27. The van der Waals surface area contributed by atoms with Crippen molar-refractivity contribution in [2.24, 2.45) is 0 Å². The molecule has 0 atom stereocenters. The van der Waals surface area contributed by atoms with E-state index in [0.717, 1.165) is 59.7 Å². The number of halogens is 1. The first-order chi connectivity index (χ1) is 15.7. The number of fused-ring (bicyclic) bond motifs is 2. The Morgan fingerprint density at radius 3 is 2.56 bits per heavy atom. The molecule has 0 aliphatic carbocycles. The molecule has 2 aromatic carbocycles. The number of aromatic amines is 1. The number of hydrogen-bond donors (Lipinski definition) is 1. The highest BCUT2D eigenvalue weighted by Crippen LogP contribution is 2.34. The summed E-state index contributed by atoms with van der Waals surface area (Å²) in [7, 11) is 2.14. The first kappa shape index (κ1) is 19.0. The molecule has 0 unspecified atom stereocenters. The van der Waals surface area contributed by atoms with E-state index < -0.39 is 0 Å². The van der Waals surface area contributed by atoms with E-state index in [1.807, 2.05) is 24.5 Å². The minimum absolute atomic E-state index is 0.288. The van der Waals surface area contributed by atoms with Crippen LogP contribution in [0, 0.1) is 5.82 Å². The van der Waals surface area contributed by atoms with Gasteiger partial charge in [-0.05, 0) is 42.9 Å². The quantitative estimate of drug-likeness (QED) is 0.464. The Morgan fingerprint density at radius 1 is 0.906 bits per heavy atom. The van der Waals surface area contributed by atoms with Gasteiger partial charge in [0.25, 0.3) is 0 Å². The molecule has 7 heteroatoms. The summed E-state index contributed by atoms with van der Waals surface area (Å²) in [5.74, 6) is 0.620. The first-order valence-corrected chi connectivity index (χ1v) is 10.8. The van der Waals surface area contributed by atoms with E-state index in [2.05, 4.69) is 46.1 Å². The van der Waals surface area contributed by atoms with Gasteiger partial charge < -0.3 is 14.8 Å². The Bertz CT molecular complexity index is 1430. The van der Waals surface area contributed by atoms with Crippen LogP contribution in [-0.4, -0.2) is 57.7 Å². The molecule has 0 spiro atoms. The number of rotatable bonds is 3. The van der Waals surface area contributed by atoms with Gasteiger partial charge in [0.1, 0.15) is 11.6 Å². The fourth-order valence-corrected chi connectivity index (χ4v) is 4.47. The van der Waals surface area contributed by atoms with Crippen molar-refractivity contribution in [3.8, 4) is 22.4 Å². The molecule has 5 aromatic rings. The van der Waals surface area contributed by atoms with E-state index >= 15 is 0 Å². The Morgan fingerprint density at radius 2 is 1.72 bits per heavy atom. The number of hydrogen-bond acceptors (Lipinski definition) is 4. The lowest BCUT2D eigenvalue weighted by molar-refractivity contribution is 0.311. The van der Waals surface area contributed by atoms with Gasteiger partial charge in [-0.25, -0.2) is 13.9 Å². The predicted octanol–water partition coefficient (Wildman–Crippen LogP) is 4.44. The van der Waals surface area contributed by atoms with Gasteiger partial charge in [-0.15, -0.1) is 5.10 Å². The van der Waals surface area contributed by atoms with Crippen molar-refractivity contribution in [2.45, 2.75) is 0 Å². The van der Waals surface area contributed by atoms with E-state index in [0.29, 0.717) is 11.3 Å². The molecule has 1 N–H and O–H groups in total. The number of nitrogens with zero attached hydrogens (tertiary/aromatic N) is 5. The first-order valence-electron chi connectivity index (χ1n) is 10.8. The van der Waals surface area contributed by atoms with Crippen LogP contribution in [0.4, 0.5) is 10.2 Å². The van der Waals surface area contributed by atoms with Crippen LogP contribution < -0.4 is 4.90 Å². The number of aromatic nitrogens is 4. The number of benzene rings is 2. The largest absolute Gasteiger partial charge is 0.361 e. The van der Waals surface area contributed by atoms with Crippen LogP contribution in [0.1, 0.15) is 0 Å². The zero-order valence-corrected chi connectivity index (χ0v) is 17.8. The van der Waals surface area contributed by atoms with Gasteiger partial charge in [0.15, 0.2) is 5.65 Å². The second-order valence-electron chi connectivity index (χ2n) is 8.33. The molecule has 1 aliphatic rings. The van der Waals surface area contributed by atoms with Crippen LogP contribution in [-0.2, 0) is 0 Å². The highest BCUT2D eigenvalue weighted by atomic mass is 19.1. The molecule has 1 fully saturated rings. The number of nitrogens with one attached hydrogen (secondary N) is 1. The molecule has 1 saturated heterocycles. The maximum absolute atomic E-state index is 14.5. The molecule has 3 aromatic heterocycles. The molecular formula is C25H23FN6. The lowest BCUT2D eigenvalue weighted by Crippen LogP contribution is -2.45. The summed E-state index contributed by atoms with van der Waals surface area (Å²) in [5.41, 5.74) is 4.91. The fourth-order valence-electron chi connectivity index (χ4n) is 4.47. The molecular weight excluding hydrogens is 403 g/mol. The van der Waals surface area contributed by atoms with Gasteiger partial charge in [-0.3, -0.25) is 0 Å². The summed E-state index contributed by atoms with van der Waals surface area (Å²) < 4.78 is 16.3. The molecule has 4 heterocycles. The maximum atomic E-state index is 14.5. The number of H-pyrrole nitrogens is 1. The zero-order valence-electron chi connectivity index (χ0n) is 17.8. The Kier molecular flexibility index (Phi) is 4.43. The van der Waals surface area contributed by atoms with Crippen LogP contribution in [0.3, 0.4) is 0 Å². The lowest BCUT2D eigenvalue weighted by Gasteiger charge is -2.33. The lowest BCUT2D eigenvalue weighted by atomic mass is 10.0. The number of piperazine rings is 1. The summed E-state index contributed by atoms with van der Waals surface area (Å²) in [6, 6.07) is 17.2. The van der Waals surface area contributed by atoms with Gasteiger partial charge in [0.2, 0.25) is 0 Å². The van der Waals surface area contributed by atoms with E-state index in [4.69, 9.17) is 10.1 Å². The Balaban J connectivity index is 1.58. The molecule has 0 radical (unpaired) electrons. The maximum Gasteiger partial charge on any atom is 0.162 e. The van der Waals surface area contributed by atoms with Crippen molar-refractivity contribution in [2.75, 3.05) is 38.1 Å². The molecule has 0 saturated carbocycles. The third kappa shape index (κ3) is 3.13. The van der Waals surface area contributed by atoms with Crippen molar-refractivity contribution in [1.82, 2.24) is 24.5 Å². The van der Waals surface area contributed by atoms with Gasteiger partial charge in [0.05, 0.1) is 11.9 Å². The monoisotopic (exact) mass is 426 g/mol. The topological polar surface area (TPSA) is 52.5 Å². The molecule has 6 nitrogen and oxygen atoms in total. The second kappa shape index (κ2) is 7.46. The predicted molar refractivity (Wildman–Crippen MR) is 125 cm³/mol. The van der Waals surface area contributed by atoms with Crippen molar-refractivity contribution < 1.29 is 4.39 Å². The van der Waals surface area contributed by atoms with E-state index in [1.165, 1.54) is 6.07 Å². The average Bonchev–Trinajstić information content (AvgIpc) is 3.46. The molecule has 32 heavy (non-hydrogen) atoms. The highest BCUT2D eigenvalue weighted by Gasteiger charge is 2.21. The van der Waals surface area contributed by atoms with Crippen LogP contribution in [0.5, 0.6) is 0 Å². The smallest absolute Gasteiger partial charge is 0.162 e. The van der Waals surface area contributed by atoms with E-state index in [-0.39, 0.29) is 5.82 Å². The molecule has 0 bridgehead atoms. The average molecular weight is 426 g/mol. The minimum Gasteiger partial charge on any atom is -0.361 e. The summed E-state index contributed by atoms with van der Waals surface area (Å²) >= 11 is 0. The number of imidazole rings is 1. The van der Waals surface area contributed by atoms with Crippen LogP contribution >= 0.6 is 0 Å². The SMILES string of the molecule is CN1CCN(c2cc(-c3cccc4[nH]ccc34)c3nc(-c4ccccc4F)cn3n2)CC1. The zero-order chi connectivity index (χ0) is 21.7.